The average molecular weight is 278 g/mol. The lowest BCUT2D eigenvalue weighted by Gasteiger charge is -2.15. The maximum absolute atomic E-state index is 12.3. The first-order valence-corrected chi connectivity index (χ1v) is 7.24. The predicted molar refractivity (Wildman–Crippen MR) is 75.4 cm³/mol. The van der Waals surface area contributed by atoms with E-state index >= 15 is 0 Å². The zero-order chi connectivity index (χ0) is 14.5. The third-order valence-corrected chi connectivity index (χ3v) is 3.62. The zero-order valence-corrected chi connectivity index (χ0v) is 12.1. The van der Waals surface area contributed by atoms with Crippen molar-refractivity contribution in [3.63, 3.8) is 0 Å². The van der Waals surface area contributed by atoms with Gasteiger partial charge in [0, 0.05) is 18.8 Å². The highest BCUT2D eigenvalue weighted by Gasteiger charge is 2.24. The van der Waals surface area contributed by atoms with E-state index in [0.29, 0.717) is 18.5 Å². The quantitative estimate of drug-likeness (QED) is 0.862. The molecule has 1 fully saturated rings. The molecule has 0 bridgehead atoms. The fourth-order valence-electron chi connectivity index (χ4n) is 2.42. The van der Waals surface area contributed by atoms with E-state index in [9.17, 15) is 9.59 Å². The molecule has 1 aliphatic heterocycles. The monoisotopic (exact) mass is 278 g/mol. The van der Waals surface area contributed by atoms with Crippen LogP contribution in [0.15, 0.2) is 6.20 Å². The number of carbonyl (C=O) groups excluding carboxylic acids is 2. The highest BCUT2D eigenvalue weighted by atomic mass is 16.2. The number of hydrogen-bond donors (Lipinski definition) is 2. The van der Waals surface area contributed by atoms with Crippen molar-refractivity contribution in [1.82, 2.24) is 20.4 Å². The summed E-state index contributed by atoms with van der Waals surface area (Å²) in [5, 5.41) is 9.85. The van der Waals surface area contributed by atoms with E-state index in [0.717, 1.165) is 31.5 Å². The maximum Gasteiger partial charge on any atom is 0.255 e. The van der Waals surface area contributed by atoms with E-state index in [1.54, 1.807) is 6.20 Å². The van der Waals surface area contributed by atoms with Crippen molar-refractivity contribution in [1.29, 1.82) is 0 Å². The molecule has 0 aliphatic carbocycles. The van der Waals surface area contributed by atoms with E-state index in [1.165, 1.54) is 0 Å². The molecular weight excluding hydrogens is 256 g/mol. The smallest absolute Gasteiger partial charge is 0.255 e. The Labute approximate surface area is 118 Å². The molecule has 1 aliphatic rings. The number of carbonyl (C=O) groups is 2. The minimum Gasteiger partial charge on any atom is -0.354 e. The Morgan fingerprint density at radius 3 is 3.10 bits per heavy atom. The number of rotatable bonds is 4. The molecule has 110 valence electrons. The molecule has 0 aromatic carbocycles. The van der Waals surface area contributed by atoms with Crippen molar-refractivity contribution in [2.24, 2.45) is 0 Å². The first-order valence-electron chi connectivity index (χ1n) is 7.24. The Bertz CT molecular complexity index is 495. The van der Waals surface area contributed by atoms with Crippen molar-refractivity contribution < 1.29 is 9.59 Å². The summed E-state index contributed by atoms with van der Waals surface area (Å²) in [6, 6.07) is -0.432. The van der Waals surface area contributed by atoms with Crippen molar-refractivity contribution in [2.75, 3.05) is 6.54 Å². The molecule has 6 heteroatoms. The number of amides is 2. The summed E-state index contributed by atoms with van der Waals surface area (Å²) >= 11 is 0. The molecule has 1 unspecified atom stereocenters. The molecule has 1 aromatic rings. The zero-order valence-electron chi connectivity index (χ0n) is 12.1. The van der Waals surface area contributed by atoms with Crippen LogP contribution in [0.25, 0.3) is 0 Å². The summed E-state index contributed by atoms with van der Waals surface area (Å²) in [5.41, 5.74) is 1.40. The first-order chi connectivity index (χ1) is 9.63. The molecule has 2 amide bonds. The normalized spacial score (nSPS) is 19.3. The molecule has 0 spiro atoms. The summed E-state index contributed by atoms with van der Waals surface area (Å²) in [6.45, 7) is 5.43. The lowest BCUT2D eigenvalue weighted by Crippen LogP contribution is -2.45. The van der Waals surface area contributed by atoms with Crippen molar-refractivity contribution >= 4 is 11.8 Å². The van der Waals surface area contributed by atoms with Gasteiger partial charge in [-0.1, -0.05) is 6.92 Å². The number of hydrogen-bond acceptors (Lipinski definition) is 3. The van der Waals surface area contributed by atoms with Crippen LogP contribution in [-0.2, 0) is 11.3 Å². The largest absolute Gasteiger partial charge is 0.354 e. The van der Waals surface area contributed by atoms with Crippen molar-refractivity contribution in [3.05, 3.63) is 17.5 Å². The maximum atomic E-state index is 12.3. The Hall–Kier alpha value is -1.85. The Kier molecular flexibility index (Phi) is 4.76. The third-order valence-electron chi connectivity index (χ3n) is 3.62. The molecular formula is C14H22N4O2. The Morgan fingerprint density at radius 2 is 2.35 bits per heavy atom. The van der Waals surface area contributed by atoms with Crippen LogP contribution in [0.5, 0.6) is 0 Å². The molecule has 1 atom stereocenters. The van der Waals surface area contributed by atoms with Crippen molar-refractivity contribution in [3.8, 4) is 0 Å². The second-order valence-electron chi connectivity index (χ2n) is 5.18. The Balaban J connectivity index is 2.05. The van der Waals surface area contributed by atoms with Gasteiger partial charge in [0.2, 0.25) is 5.91 Å². The molecule has 0 radical (unpaired) electrons. The average Bonchev–Trinajstić information content (AvgIpc) is 2.66. The van der Waals surface area contributed by atoms with Crippen LogP contribution in [0.1, 0.15) is 48.7 Å². The summed E-state index contributed by atoms with van der Waals surface area (Å²) < 4.78 is 1.82. The number of aryl methyl sites for hydroxylation is 1. The molecule has 2 heterocycles. The Morgan fingerprint density at radius 1 is 1.55 bits per heavy atom. The molecule has 20 heavy (non-hydrogen) atoms. The standard InChI is InChI=1S/C14H22N4O2/c1-3-8-18-10(2)11(9-16-18)13(19)17-12-6-4-5-7-15-14(12)20/h9,12H,3-8H2,1-2H3,(H,15,20)(H,17,19). The molecule has 2 N–H and O–H groups in total. The predicted octanol–water partition coefficient (Wildman–Crippen LogP) is 1.00. The van der Waals surface area contributed by atoms with Crippen LogP contribution in [0.2, 0.25) is 0 Å². The van der Waals surface area contributed by atoms with Crippen LogP contribution in [0.3, 0.4) is 0 Å². The van der Waals surface area contributed by atoms with Crippen LogP contribution in [0.4, 0.5) is 0 Å². The third kappa shape index (κ3) is 3.18. The molecule has 1 aromatic heterocycles. The van der Waals surface area contributed by atoms with E-state index < -0.39 is 6.04 Å². The summed E-state index contributed by atoms with van der Waals surface area (Å²) in [7, 11) is 0. The van der Waals surface area contributed by atoms with E-state index in [2.05, 4.69) is 22.7 Å². The fraction of sp³-hybridized carbons (Fsp3) is 0.643. The molecule has 2 rings (SSSR count). The van der Waals surface area contributed by atoms with Crippen LogP contribution in [-0.4, -0.2) is 34.2 Å². The lowest BCUT2D eigenvalue weighted by atomic mass is 10.1. The van der Waals surface area contributed by atoms with Gasteiger partial charge in [-0.25, -0.2) is 0 Å². The van der Waals surface area contributed by atoms with E-state index in [1.807, 2.05) is 11.6 Å². The SMILES string of the molecule is CCCn1ncc(C(=O)NC2CCCCNC2=O)c1C. The highest BCUT2D eigenvalue weighted by Crippen LogP contribution is 2.10. The van der Waals surface area contributed by atoms with Gasteiger partial charge in [0.25, 0.3) is 5.91 Å². The first kappa shape index (κ1) is 14.6. The van der Waals surface area contributed by atoms with Gasteiger partial charge in [-0.2, -0.15) is 5.10 Å². The molecule has 0 saturated carbocycles. The molecule has 6 nitrogen and oxygen atoms in total. The van der Waals surface area contributed by atoms with Gasteiger partial charge in [0.15, 0.2) is 0 Å². The van der Waals surface area contributed by atoms with Gasteiger partial charge < -0.3 is 10.6 Å². The van der Waals surface area contributed by atoms with Gasteiger partial charge in [-0.15, -0.1) is 0 Å². The van der Waals surface area contributed by atoms with E-state index in [4.69, 9.17) is 0 Å². The topological polar surface area (TPSA) is 76.0 Å². The van der Waals surface area contributed by atoms with Crippen LogP contribution < -0.4 is 10.6 Å². The number of nitrogens with zero attached hydrogens (tertiary/aromatic N) is 2. The highest BCUT2D eigenvalue weighted by molar-refractivity contribution is 5.98. The van der Waals surface area contributed by atoms with Gasteiger partial charge >= 0.3 is 0 Å². The van der Waals surface area contributed by atoms with E-state index in [-0.39, 0.29) is 11.8 Å². The van der Waals surface area contributed by atoms with Gasteiger partial charge in [-0.3, -0.25) is 14.3 Å². The summed E-state index contributed by atoms with van der Waals surface area (Å²) in [5.74, 6) is -0.304. The summed E-state index contributed by atoms with van der Waals surface area (Å²) in [4.78, 5) is 24.1. The second-order valence-corrected chi connectivity index (χ2v) is 5.18. The number of aromatic nitrogens is 2. The minimum atomic E-state index is -0.432. The number of nitrogens with one attached hydrogen (secondary N) is 2. The fourth-order valence-corrected chi connectivity index (χ4v) is 2.42. The van der Waals surface area contributed by atoms with Gasteiger partial charge in [0.05, 0.1) is 11.8 Å². The van der Waals surface area contributed by atoms with Crippen LogP contribution in [0, 0.1) is 6.92 Å². The van der Waals surface area contributed by atoms with Crippen molar-refractivity contribution in [2.45, 2.75) is 52.1 Å². The summed E-state index contributed by atoms with van der Waals surface area (Å²) in [6.07, 6.45) is 5.15. The second kappa shape index (κ2) is 6.54. The van der Waals surface area contributed by atoms with Crippen LogP contribution >= 0.6 is 0 Å². The molecule has 1 saturated heterocycles. The van der Waals surface area contributed by atoms with Gasteiger partial charge in [0.1, 0.15) is 6.04 Å². The minimum absolute atomic E-state index is 0.0885. The lowest BCUT2D eigenvalue weighted by molar-refractivity contribution is -0.122. The van der Waals surface area contributed by atoms with Gasteiger partial charge in [-0.05, 0) is 32.6 Å².